The summed E-state index contributed by atoms with van der Waals surface area (Å²) in [5.74, 6) is 0.346. The number of halogens is 1. The molecule has 2 aromatic carbocycles. The van der Waals surface area contributed by atoms with Crippen LogP contribution in [0.2, 0.25) is 5.02 Å². The van der Waals surface area contributed by atoms with Gasteiger partial charge in [-0.25, -0.2) is 0 Å². The monoisotopic (exact) mass is 360 g/mol. The fraction of sp³-hybridized carbons (Fsp3) is 0.167. The van der Waals surface area contributed by atoms with Crippen LogP contribution in [0, 0.1) is 0 Å². The van der Waals surface area contributed by atoms with E-state index < -0.39 is 10.0 Å². The first kappa shape index (κ1) is 16.7. The first-order valence-corrected chi connectivity index (χ1v) is 9.40. The van der Waals surface area contributed by atoms with Crippen LogP contribution < -0.4 is 5.32 Å². The number of amidine groups is 1. The third kappa shape index (κ3) is 3.23. The van der Waals surface area contributed by atoms with Gasteiger partial charge in [0.25, 0.3) is 10.0 Å². The van der Waals surface area contributed by atoms with E-state index >= 15 is 0 Å². The van der Waals surface area contributed by atoms with E-state index in [1.807, 2.05) is 24.3 Å². The number of anilines is 1. The molecular formula is C18H17ClN2O2S. The zero-order chi connectivity index (χ0) is 17.3. The van der Waals surface area contributed by atoms with Gasteiger partial charge in [0.15, 0.2) is 0 Å². The summed E-state index contributed by atoms with van der Waals surface area (Å²) in [7, 11) is -3.74. The summed E-state index contributed by atoms with van der Waals surface area (Å²) in [6.45, 7) is 3.81. The standard InChI is InChI=1S/C18H17ClN2O2S/c1-3-13-6-4-9-16(10-13)20-18-12(2)17(24(22,23)21-18)14-7-5-8-15(19)11-14/h4-11H,3H2,1-2H3,(H,20,21). The van der Waals surface area contributed by atoms with Crippen LogP contribution in [0.5, 0.6) is 0 Å². The van der Waals surface area contributed by atoms with Gasteiger partial charge in [-0.3, -0.25) is 0 Å². The smallest absolute Gasteiger partial charge is 0.285 e. The Bertz CT molecular complexity index is 962. The Balaban J connectivity index is 2.01. The SMILES string of the molecule is CCc1cccc(NC2=NS(=O)(=O)C(c3cccc(Cl)c3)=C2C)c1. The topological polar surface area (TPSA) is 58.5 Å². The van der Waals surface area contributed by atoms with Crippen molar-refractivity contribution in [3.05, 3.63) is 70.3 Å². The predicted molar refractivity (Wildman–Crippen MR) is 99.8 cm³/mol. The number of nitrogens with one attached hydrogen (secondary N) is 1. The normalized spacial score (nSPS) is 16.2. The lowest BCUT2D eigenvalue weighted by atomic mass is 10.1. The second-order valence-corrected chi connectivity index (χ2v) is 7.54. The highest BCUT2D eigenvalue weighted by atomic mass is 35.5. The molecule has 1 aliphatic heterocycles. The van der Waals surface area contributed by atoms with Gasteiger partial charge in [-0.05, 0) is 48.7 Å². The molecule has 4 nitrogen and oxygen atoms in total. The van der Waals surface area contributed by atoms with Crippen LogP contribution >= 0.6 is 11.6 Å². The van der Waals surface area contributed by atoms with Crippen molar-refractivity contribution in [2.45, 2.75) is 20.3 Å². The Morgan fingerprint density at radius 1 is 1.12 bits per heavy atom. The summed E-state index contributed by atoms with van der Waals surface area (Å²) in [6, 6.07) is 14.6. The number of hydrogen-bond acceptors (Lipinski definition) is 3. The minimum atomic E-state index is -3.74. The van der Waals surface area contributed by atoms with Crippen LogP contribution in [0.4, 0.5) is 5.69 Å². The van der Waals surface area contributed by atoms with Crippen LogP contribution in [0.15, 0.2) is 58.5 Å². The first-order valence-electron chi connectivity index (χ1n) is 7.59. The molecule has 124 valence electrons. The van der Waals surface area contributed by atoms with E-state index in [2.05, 4.69) is 16.6 Å². The lowest BCUT2D eigenvalue weighted by molar-refractivity contribution is 0.608. The molecule has 0 atom stereocenters. The molecule has 0 spiro atoms. The van der Waals surface area contributed by atoms with Crippen molar-refractivity contribution in [3.63, 3.8) is 0 Å². The Hall–Kier alpha value is -2.11. The third-order valence-electron chi connectivity index (χ3n) is 3.85. The molecule has 0 amide bonds. The average Bonchev–Trinajstić information content (AvgIpc) is 2.76. The maximum absolute atomic E-state index is 12.5. The average molecular weight is 361 g/mol. The summed E-state index contributed by atoms with van der Waals surface area (Å²) >= 11 is 5.99. The number of nitrogens with zero attached hydrogens (tertiary/aromatic N) is 1. The van der Waals surface area contributed by atoms with E-state index in [4.69, 9.17) is 11.6 Å². The molecule has 0 fully saturated rings. The molecular weight excluding hydrogens is 344 g/mol. The zero-order valence-electron chi connectivity index (χ0n) is 13.4. The second kappa shape index (κ2) is 6.42. The van der Waals surface area contributed by atoms with Gasteiger partial charge in [-0.2, -0.15) is 8.42 Å². The minimum absolute atomic E-state index is 0.194. The summed E-state index contributed by atoms with van der Waals surface area (Å²) in [5.41, 5.74) is 3.11. The molecule has 0 saturated carbocycles. The van der Waals surface area contributed by atoms with Crippen LogP contribution in [0.25, 0.3) is 4.91 Å². The number of benzene rings is 2. The molecule has 0 unspecified atom stereocenters. The molecule has 0 radical (unpaired) electrons. The van der Waals surface area contributed by atoms with Crippen molar-refractivity contribution in [1.29, 1.82) is 0 Å². The Labute approximate surface area is 146 Å². The molecule has 1 N–H and O–H groups in total. The number of sulfonamides is 1. The summed E-state index contributed by atoms with van der Waals surface area (Å²) in [5, 5.41) is 3.60. The molecule has 1 heterocycles. The fourth-order valence-corrected chi connectivity index (χ4v) is 4.27. The van der Waals surface area contributed by atoms with Gasteiger partial charge in [-0.1, -0.05) is 42.8 Å². The predicted octanol–water partition coefficient (Wildman–Crippen LogP) is 4.49. The highest BCUT2D eigenvalue weighted by Gasteiger charge is 2.31. The quantitative estimate of drug-likeness (QED) is 0.877. The molecule has 2 aromatic rings. The fourth-order valence-electron chi connectivity index (χ4n) is 2.65. The molecule has 0 bridgehead atoms. The van der Waals surface area contributed by atoms with E-state index in [0.29, 0.717) is 22.0 Å². The van der Waals surface area contributed by atoms with E-state index in [1.165, 1.54) is 0 Å². The van der Waals surface area contributed by atoms with Crippen molar-refractivity contribution in [2.24, 2.45) is 4.40 Å². The molecule has 0 aliphatic carbocycles. The Morgan fingerprint density at radius 2 is 1.88 bits per heavy atom. The minimum Gasteiger partial charge on any atom is -0.339 e. The van der Waals surface area contributed by atoms with Crippen LogP contribution in [-0.4, -0.2) is 14.3 Å². The van der Waals surface area contributed by atoms with E-state index in [0.717, 1.165) is 17.7 Å². The van der Waals surface area contributed by atoms with E-state index in [9.17, 15) is 8.42 Å². The third-order valence-corrected chi connectivity index (χ3v) is 5.57. The van der Waals surface area contributed by atoms with Gasteiger partial charge in [0.05, 0.1) is 0 Å². The first-order chi connectivity index (χ1) is 11.4. The van der Waals surface area contributed by atoms with Crippen molar-refractivity contribution in [2.75, 3.05) is 5.32 Å². The Morgan fingerprint density at radius 3 is 2.58 bits per heavy atom. The molecule has 0 aromatic heterocycles. The molecule has 0 saturated heterocycles. The summed E-state index contributed by atoms with van der Waals surface area (Å²) in [4.78, 5) is 0.194. The number of aryl methyl sites for hydroxylation is 1. The zero-order valence-corrected chi connectivity index (χ0v) is 14.9. The van der Waals surface area contributed by atoms with Gasteiger partial charge in [0, 0.05) is 16.3 Å². The van der Waals surface area contributed by atoms with Crippen LogP contribution in [-0.2, 0) is 16.4 Å². The van der Waals surface area contributed by atoms with Crippen molar-refractivity contribution < 1.29 is 8.42 Å². The van der Waals surface area contributed by atoms with Crippen molar-refractivity contribution >= 4 is 38.1 Å². The van der Waals surface area contributed by atoms with Gasteiger partial charge in [-0.15, -0.1) is 4.40 Å². The highest BCUT2D eigenvalue weighted by Crippen LogP contribution is 2.34. The van der Waals surface area contributed by atoms with Gasteiger partial charge in [0.2, 0.25) is 0 Å². The van der Waals surface area contributed by atoms with Crippen molar-refractivity contribution in [1.82, 2.24) is 0 Å². The molecule has 3 rings (SSSR count). The summed E-state index contributed by atoms with van der Waals surface area (Å²) in [6.07, 6.45) is 0.906. The van der Waals surface area contributed by atoms with Crippen LogP contribution in [0.1, 0.15) is 25.0 Å². The molecule has 24 heavy (non-hydrogen) atoms. The maximum atomic E-state index is 12.5. The lowest BCUT2D eigenvalue weighted by Gasteiger charge is -2.08. The lowest BCUT2D eigenvalue weighted by Crippen LogP contribution is -2.11. The van der Waals surface area contributed by atoms with E-state index in [-0.39, 0.29) is 4.91 Å². The largest absolute Gasteiger partial charge is 0.339 e. The van der Waals surface area contributed by atoms with Crippen LogP contribution in [0.3, 0.4) is 0 Å². The number of rotatable bonds is 3. The highest BCUT2D eigenvalue weighted by molar-refractivity contribution is 8.00. The molecule has 1 aliphatic rings. The second-order valence-electron chi connectivity index (χ2n) is 5.56. The molecule has 6 heteroatoms. The van der Waals surface area contributed by atoms with E-state index in [1.54, 1.807) is 31.2 Å². The van der Waals surface area contributed by atoms with Gasteiger partial charge < -0.3 is 5.32 Å². The van der Waals surface area contributed by atoms with Gasteiger partial charge >= 0.3 is 0 Å². The van der Waals surface area contributed by atoms with Crippen molar-refractivity contribution in [3.8, 4) is 0 Å². The number of hydrogen-bond donors (Lipinski definition) is 1. The Kier molecular flexibility index (Phi) is 4.47. The summed E-state index contributed by atoms with van der Waals surface area (Å²) < 4.78 is 28.9. The van der Waals surface area contributed by atoms with Gasteiger partial charge in [0.1, 0.15) is 10.7 Å². The maximum Gasteiger partial charge on any atom is 0.285 e.